The van der Waals surface area contributed by atoms with E-state index in [0.29, 0.717) is 0 Å². The van der Waals surface area contributed by atoms with Gasteiger partial charge in [-0.1, -0.05) is 6.42 Å². The highest BCUT2D eigenvalue weighted by Gasteiger charge is 2.62. The van der Waals surface area contributed by atoms with Gasteiger partial charge in [-0.3, -0.25) is 14.6 Å². The Balaban J connectivity index is 1.87. The van der Waals surface area contributed by atoms with E-state index in [0.717, 1.165) is 19.3 Å². The molecule has 88 valence electrons. The van der Waals surface area contributed by atoms with Crippen molar-refractivity contribution in [1.29, 1.82) is 0 Å². The molecule has 2 N–H and O–H groups in total. The van der Waals surface area contributed by atoms with Gasteiger partial charge in [0.15, 0.2) is 0 Å². The minimum atomic E-state index is -0.927. The van der Waals surface area contributed by atoms with Crippen molar-refractivity contribution in [2.24, 2.45) is 5.92 Å². The van der Waals surface area contributed by atoms with E-state index in [-0.39, 0.29) is 24.7 Å². The number of carbonyl (C=O) groups is 2. The van der Waals surface area contributed by atoms with Crippen LogP contribution in [0, 0.1) is 5.92 Å². The number of nitrogens with zero attached hydrogens (tertiary/aromatic N) is 2. The van der Waals surface area contributed by atoms with Gasteiger partial charge in [0.05, 0.1) is 12.7 Å². The Bertz CT molecular complexity index is 347. The van der Waals surface area contributed by atoms with E-state index in [1.165, 1.54) is 4.90 Å². The molecule has 1 aliphatic carbocycles. The molecule has 6 heteroatoms. The van der Waals surface area contributed by atoms with Crippen LogP contribution in [-0.2, 0) is 4.79 Å². The van der Waals surface area contributed by atoms with E-state index in [2.05, 4.69) is 0 Å². The zero-order valence-corrected chi connectivity index (χ0v) is 8.74. The van der Waals surface area contributed by atoms with E-state index >= 15 is 0 Å². The van der Waals surface area contributed by atoms with Crippen LogP contribution in [0.15, 0.2) is 0 Å². The number of hydrogen-bond acceptors (Lipinski definition) is 3. The molecule has 2 heterocycles. The van der Waals surface area contributed by atoms with E-state index in [1.807, 2.05) is 4.90 Å². The van der Waals surface area contributed by atoms with Gasteiger partial charge in [0.1, 0.15) is 6.04 Å². The lowest BCUT2D eigenvalue weighted by atomic mass is 9.70. The Hall–Kier alpha value is -1.30. The van der Waals surface area contributed by atoms with Gasteiger partial charge in [-0.15, -0.1) is 0 Å². The molecule has 3 fully saturated rings. The molecular weight excluding hydrogens is 212 g/mol. The second-order valence-corrected chi connectivity index (χ2v) is 4.84. The summed E-state index contributed by atoms with van der Waals surface area (Å²) >= 11 is 0. The monoisotopic (exact) mass is 226 g/mol. The molecule has 16 heavy (non-hydrogen) atoms. The summed E-state index contributed by atoms with van der Waals surface area (Å²) in [4.78, 5) is 25.4. The second kappa shape index (κ2) is 3.10. The maximum Gasteiger partial charge on any atom is 0.408 e. The Labute approximate surface area is 92.4 Å². The van der Waals surface area contributed by atoms with Crippen LogP contribution in [0.4, 0.5) is 4.79 Å². The molecule has 4 atom stereocenters. The molecule has 2 aliphatic heterocycles. The summed E-state index contributed by atoms with van der Waals surface area (Å²) in [5.41, 5.74) is 0. The maximum absolute atomic E-state index is 11.1. The molecule has 1 amide bonds. The molecule has 1 saturated carbocycles. The SMILES string of the molecule is O=C(O)C1C2CCCC3C2N1CN3C(=O)O. The number of rotatable bonds is 1. The van der Waals surface area contributed by atoms with Crippen LogP contribution in [0.2, 0.25) is 0 Å². The van der Waals surface area contributed by atoms with Crippen molar-refractivity contribution in [1.82, 2.24) is 9.80 Å². The molecule has 4 unspecified atom stereocenters. The Morgan fingerprint density at radius 3 is 2.56 bits per heavy atom. The van der Waals surface area contributed by atoms with Crippen molar-refractivity contribution >= 4 is 12.1 Å². The van der Waals surface area contributed by atoms with E-state index in [4.69, 9.17) is 10.2 Å². The molecule has 0 aromatic heterocycles. The molecular formula is C10H14N2O4. The van der Waals surface area contributed by atoms with Crippen molar-refractivity contribution in [3.8, 4) is 0 Å². The molecule has 6 nitrogen and oxygen atoms in total. The normalized spacial score (nSPS) is 41.4. The largest absolute Gasteiger partial charge is 0.480 e. The van der Waals surface area contributed by atoms with Gasteiger partial charge in [0.2, 0.25) is 0 Å². The first kappa shape index (κ1) is 9.89. The van der Waals surface area contributed by atoms with Crippen LogP contribution in [0.5, 0.6) is 0 Å². The highest BCUT2D eigenvalue weighted by Crippen LogP contribution is 2.48. The molecule has 0 aromatic rings. The third-order valence-corrected chi connectivity index (χ3v) is 4.23. The summed E-state index contributed by atoms with van der Waals surface area (Å²) in [5.74, 6) is -0.658. The molecule has 0 radical (unpaired) electrons. The predicted octanol–water partition coefficient (Wildman–Crippen LogP) is 0.244. The lowest BCUT2D eigenvalue weighted by molar-refractivity contribution is -0.160. The van der Waals surface area contributed by atoms with Gasteiger partial charge in [0, 0.05) is 12.0 Å². The first-order valence-corrected chi connectivity index (χ1v) is 5.59. The Morgan fingerprint density at radius 2 is 1.94 bits per heavy atom. The lowest BCUT2D eigenvalue weighted by Gasteiger charge is -2.52. The number of carboxylic acid groups (broad SMARTS) is 2. The lowest BCUT2D eigenvalue weighted by Crippen LogP contribution is -2.67. The molecule has 0 spiro atoms. The van der Waals surface area contributed by atoms with Crippen molar-refractivity contribution < 1.29 is 19.8 Å². The summed E-state index contributed by atoms with van der Waals surface area (Å²) in [5, 5.41) is 18.2. The van der Waals surface area contributed by atoms with Crippen molar-refractivity contribution in [3.63, 3.8) is 0 Å². The summed E-state index contributed by atoms with van der Waals surface area (Å²) in [6.07, 6.45) is 1.80. The summed E-state index contributed by atoms with van der Waals surface area (Å²) in [7, 11) is 0. The number of aliphatic carboxylic acids is 1. The minimum Gasteiger partial charge on any atom is -0.480 e. The summed E-state index contributed by atoms with van der Waals surface area (Å²) < 4.78 is 0. The number of amides is 1. The highest BCUT2D eigenvalue weighted by molar-refractivity contribution is 5.76. The molecule has 3 rings (SSSR count). The highest BCUT2D eigenvalue weighted by atomic mass is 16.4. The topological polar surface area (TPSA) is 81.1 Å². The average molecular weight is 226 g/mol. The standard InChI is InChI=1S/C10H14N2O4/c13-9(14)8-5-2-1-3-6-7(5)12(8)4-11(6)10(15)16/h5-8H,1-4H2,(H,13,14)(H,15,16). The zero-order valence-electron chi connectivity index (χ0n) is 8.74. The minimum absolute atomic E-state index is 0.0202. The van der Waals surface area contributed by atoms with Crippen LogP contribution in [0.25, 0.3) is 0 Å². The molecule has 0 bridgehead atoms. The molecule has 2 saturated heterocycles. The Kier molecular flexibility index (Phi) is 1.92. The van der Waals surface area contributed by atoms with Gasteiger partial charge in [-0.25, -0.2) is 4.79 Å². The van der Waals surface area contributed by atoms with Gasteiger partial charge < -0.3 is 10.2 Å². The molecule has 3 aliphatic rings. The predicted molar refractivity (Wildman–Crippen MR) is 52.9 cm³/mol. The molecule has 0 aromatic carbocycles. The van der Waals surface area contributed by atoms with Crippen molar-refractivity contribution in [2.45, 2.75) is 37.4 Å². The average Bonchev–Trinajstić information content (AvgIpc) is 2.53. The van der Waals surface area contributed by atoms with Crippen LogP contribution >= 0.6 is 0 Å². The van der Waals surface area contributed by atoms with Gasteiger partial charge in [0.25, 0.3) is 0 Å². The van der Waals surface area contributed by atoms with Crippen LogP contribution in [0.3, 0.4) is 0 Å². The number of carboxylic acids is 1. The quantitative estimate of drug-likeness (QED) is 0.669. The van der Waals surface area contributed by atoms with Crippen LogP contribution in [0.1, 0.15) is 19.3 Å². The summed E-state index contributed by atoms with van der Waals surface area (Å²) in [6, 6.07) is -0.282. The van der Waals surface area contributed by atoms with Crippen molar-refractivity contribution in [2.75, 3.05) is 6.67 Å². The maximum atomic E-state index is 11.1. The fraction of sp³-hybridized carbons (Fsp3) is 0.800. The van der Waals surface area contributed by atoms with E-state index in [9.17, 15) is 9.59 Å². The van der Waals surface area contributed by atoms with E-state index < -0.39 is 18.1 Å². The third-order valence-electron chi connectivity index (χ3n) is 4.23. The van der Waals surface area contributed by atoms with Crippen LogP contribution < -0.4 is 0 Å². The fourth-order valence-electron chi connectivity index (χ4n) is 3.66. The first-order chi connectivity index (χ1) is 7.61. The third kappa shape index (κ3) is 1.05. The first-order valence-electron chi connectivity index (χ1n) is 5.59. The number of hydrogen-bond donors (Lipinski definition) is 2. The van der Waals surface area contributed by atoms with Gasteiger partial charge in [-0.2, -0.15) is 0 Å². The second-order valence-electron chi connectivity index (χ2n) is 4.84. The Morgan fingerprint density at radius 1 is 1.19 bits per heavy atom. The van der Waals surface area contributed by atoms with Gasteiger partial charge in [-0.05, 0) is 12.8 Å². The van der Waals surface area contributed by atoms with Gasteiger partial charge >= 0.3 is 12.1 Å². The summed E-state index contributed by atoms with van der Waals surface area (Å²) in [6.45, 7) is 0.262. The van der Waals surface area contributed by atoms with Crippen molar-refractivity contribution in [3.05, 3.63) is 0 Å². The zero-order chi connectivity index (χ0) is 11.4. The van der Waals surface area contributed by atoms with E-state index in [1.54, 1.807) is 0 Å². The fourth-order valence-corrected chi connectivity index (χ4v) is 3.66. The van der Waals surface area contributed by atoms with Crippen LogP contribution in [-0.4, -0.2) is 56.9 Å². The smallest absolute Gasteiger partial charge is 0.408 e.